The van der Waals surface area contributed by atoms with Crippen molar-refractivity contribution in [3.63, 3.8) is 0 Å². The lowest BCUT2D eigenvalue weighted by Crippen LogP contribution is -2.27. The first-order valence-electron chi connectivity index (χ1n) is 14.4. The van der Waals surface area contributed by atoms with Gasteiger partial charge in [0.25, 0.3) is 5.91 Å². The number of methoxy groups -OCH3 is 2. The van der Waals surface area contributed by atoms with Crippen molar-refractivity contribution >= 4 is 40.6 Å². The zero-order valence-corrected chi connectivity index (χ0v) is 28.0. The topological polar surface area (TPSA) is 127 Å². The molecule has 0 bridgehead atoms. The quantitative estimate of drug-likeness (QED) is 0.0606. The van der Waals surface area contributed by atoms with E-state index in [1.54, 1.807) is 32.6 Å². The van der Waals surface area contributed by atoms with E-state index >= 15 is 0 Å². The van der Waals surface area contributed by atoms with Crippen LogP contribution in [0.15, 0.2) is 77.8 Å². The zero-order chi connectivity index (χ0) is 32.6. The standard InChI is InChI=1S/C34H46N6O3S/c1-10-28(37-25-13-15-26(42-7)16-14-25)22(3)27(35)20-40(36)31-17-23(12-11-21(31)2)33(41)38-29-18-24(34(4,5)6)19-30(39-44-9)32(29)43-8/h11-20,37,39H,10,35-36H2,1-9H3,(H,38,41)/b27-20-,28-22+. The third-order valence-electron chi connectivity index (χ3n) is 7.27. The molecule has 0 unspecified atom stereocenters. The summed E-state index contributed by atoms with van der Waals surface area (Å²) in [6.45, 7) is 12.3. The Hall–Kier alpha value is -4.28. The Bertz CT molecular complexity index is 1530. The molecule has 0 heterocycles. The summed E-state index contributed by atoms with van der Waals surface area (Å²) in [6, 6.07) is 17.1. The molecule has 3 aromatic rings. The van der Waals surface area contributed by atoms with Gasteiger partial charge >= 0.3 is 0 Å². The summed E-state index contributed by atoms with van der Waals surface area (Å²) in [5.74, 6) is 7.56. The van der Waals surface area contributed by atoms with E-state index in [-0.39, 0.29) is 11.3 Å². The van der Waals surface area contributed by atoms with Crippen molar-refractivity contribution in [2.24, 2.45) is 11.6 Å². The van der Waals surface area contributed by atoms with Crippen molar-refractivity contribution in [3.05, 3.63) is 94.5 Å². The molecule has 0 saturated heterocycles. The average molecular weight is 619 g/mol. The lowest BCUT2D eigenvalue weighted by atomic mass is 9.86. The van der Waals surface area contributed by atoms with Crippen LogP contribution in [0.25, 0.3) is 0 Å². The van der Waals surface area contributed by atoms with E-state index < -0.39 is 0 Å². The van der Waals surface area contributed by atoms with E-state index in [1.807, 2.05) is 62.6 Å². The van der Waals surface area contributed by atoms with Crippen molar-refractivity contribution in [2.45, 2.75) is 53.4 Å². The molecule has 0 fully saturated rings. The Morgan fingerprint density at radius 2 is 1.66 bits per heavy atom. The van der Waals surface area contributed by atoms with Gasteiger partial charge in [0.1, 0.15) is 5.75 Å². The van der Waals surface area contributed by atoms with Gasteiger partial charge in [-0.2, -0.15) is 0 Å². The van der Waals surface area contributed by atoms with Crippen LogP contribution in [0.1, 0.15) is 62.5 Å². The molecule has 0 aliphatic rings. The van der Waals surface area contributed by atoms with Crippen molar-refractivity contribution < 1.29 is 14.3 Å². The van der Waals surface area contributed by atoms with Crippen LogP contribution < -0.4 is 41.4 Å². The number of aryl methyl sites for hydroxylation is 1. The maximum absolute atomic E-state index is 13.6. The number of nitrogens with two attached hydrogens (primary N) is 2. The van der Waals surface area contributed by atoms with Crippen LogP contribution in [0.2, 0.25) is 0 Å². The number of amides is 1. The first kappa shape index (κ1) is 34.2. The van der Waals surface area contributed by atoms with E-state index in [2.05, 4.69) is 43.1 Å². The molecular formula is C34H46N6O3S. The Morgan fingerprint density at radius 3 is 2.23 bits per heavy atom. The molecule has 236 valence electrons. The monoisotopic (exact) mass is 618 g/mol. The lowest BCUT2D eigenvalue weighted by molar-refractivity contribution is 0.102. The highest BCUT2D eigenvalue weighted by Gasteiger charge is 2.21. The molecule has 0 aliphatic heterocycles. The maximum atomic E-state index is 13.6. The summed E-state index contributed by atoms with van der Waals surface area (Å²) in [7, 11) is 3.23. The summed E-state index contributed by atoms with van der Waals surface area (Å²) in [5, 5.41) is 7.94. The summed E-state index contributed by atoms with van der Waals surface area (Å²) in [6.07, 6.45) is 4.34. The Balaban J connectivity index is 1.90. The van der Waals surface area contributed by atoms with Gasteiger partial charge in [-0.3, -0.25) is 9.80 Å². The van der Waals surface area contributed by atoms with E-state index in [9.17, 15) is 4.79 Å². The van der Waals surface area contributed by atoms with Gasteiger partial charge in [0.05, 0.1) is 37.0 Å². The van der Waals surface area contributed by atoms with Gasteiger partial charge in [0, 0.05) is 29.4 Å². The summed E-state index contributed by atoms with van der Waals surface area (Å²) >= 11 is 1.46. The third kappa shape index (κ3) is 8.42. The van der Waals surface area contributed by atoms with Crippen LogP contribution in [-0.2, 0) is 5.41 Å². The molecule has 0 aliphatic carbocycles. The molecule has 3 aromatic carbocycles. The molecule has 10 heteroatoms. The number of hydrogen-bond donors (Lipinski definition) is 5. The number of allylic oxidation sites excluding steroid dienone is 2. The van der Waals surface area contributed by atoms with Gasteiger partial charge in [-0.05, 0) is 90.9 Å². The number of hydrazine groups is 1. The number of anilines is 4. The highest BCUT2D eigenvalue weighted by atomic mass is 32.2. The summed E-state index contributed by atoms with van der Waals surface area (Å²) in [5.41, 5.74) is 14.0. The first-order chi connectivity index (χ1) is 20.8. The molecular weight excluding hydrogens is 572 g/mol. The van der Waals surface area contributed by atoms with Crippen molar-refractivity contribution in [2.75, 3.05) is 40.8 Å². The fraction of sp³-hybridized carbons (Fsp3) is 0.324. The zero-order valence-electron chi connectivity index (χ0n) is 27.2. The van der Waals surface area contributed by atoms with Gasteiger partial charge < -0.3 is 30.6 Å². The maximum Gasteiger partial charge on any atom is 0.255 e. The molecule has 1 amide bonds. The van der Waals surface area contributed by atoms with Crippen LogP contribution in [0.4, 0.5) is 22.7 Å². The lowest BCUT2D eigenvalue weighted by Gasteiger charge is -2.24. The van der Waals surface area contributed by atoms with Crippen LogP contribution in [0, 0.1) is 6.92 Å². The SMILES string of the molecule is CC/C(Nc1ccc(OC)cc1)=C(C)\C(N)=C\N(N)c1cc(C(=O)Nc2cc(C(C)(C)C)cc(NSC)c2OC)ccc1C. The molecule has 0 atom stereocenters. The van der Waals surface area contributed by atoms with Crippen LogP contribution >= 0.6 is 11.9 Å². The number of hydrogen-bond acceptors (Lipinski definition) is 9. The molecule has 0 spiro atoms. The fourth-order valence-corrected chi connectivity index (χ4v) is 4.94. The number of benzene rings is 3. The second-order valence-corrected chi connectivity index (χ2v) is 12.0. The van der Waals surface area contributed by atoms with Gasteiger partial charge in [0.2, 0.25) is 0 Å². The summed E-state index contributed by atoms with van der Waals surface area (Å²) in [4.78, 5) is 13.6. The molecule has 9 nitrogen and oxygen atoms in total. The largest absolute Gasteiger partial charge is 0.497 e. The fourth-order valence-electron chi connectivity index (χ4n) is 4.57. The third-order valence-corrected chi connectivity index (χ3v) is 7.70. The number of ether oxygens (including phenoxy) is 2. The molecule has 0 saturated carbocycles. The molecule has 0 radical (unpaired) electrons. The number of carbonyl (C=O) groups is 1. The number of nitrogens with one attached hydrogen (secondary N) is 3. The van der Waals surface area contributed by atoms with Crippen LogP contribution in [-0.4, -0.2) is 26.4 Å². The van der Waals surface area contributed by atoms with Crippen molar-refractivity contribution in [1.29, 1.82) is 0 Å². The smallest absolute Gasteiger partial charge is 0.255 e. The normalized spacial score (nSPS) is 12.3. The molecule has 44 heavy (non-hydrogen) atoms. The Labute approximate surface area is 266 Å². The van der Waals surface area contributed by atoms with E-state index in [4.69, 9.17) is 21.1 Å². The minimum Gasteiger partial charge on any atom is -0.497 e. The van der Waals surface area contributed by atoms with E-state index in [1.165, 1.54) is 17.0 Å². The predicted molar refractivity (Wildman–Crippen MR) is 187 cm³/mol. The number of nitrogens with zero attached hydrogens (tertiary/aromatic N) is 1. The number of carbonyl (C=O) groups excluding carboxylic acids is 1. The van der Waals surface area contributed by atoms with Crippen molar-refractivity contribution in [3.8, 4) is 11.5 Å². The van der Waals surface area contributed by atoms with Crippen LogP contribution in [0.5, 0.6) is 11.5 Å². The van der Waals surface area contributed by atoms with Crippen molar-refractivity contribution in [1.82, 2.24) is 0 Å². The predicted octanol–water partition coefficient (Wildman–Crippen LogP) is 7.53. The van der Waals surface area contributed by atoms with Gasteiger partial charge in [-0.25, -0.2) is 5.84 Å². The highest BCUT2D eigenvalue weighted by molar-refractivity contribution is 7.99. The summed E-state index contributed by atoms with van der Waals surface area (Å²) < 4.78 is 14.2. The Kier molecular flexibility index (Phi) is 11.6. The molecule has 3 rings (SSSR count). The first-order valence-corrected chi connectivity index (χ1v) is 15.6. The van der Waals surface area contributed by atoms with Crippen LogP contribution in [0.3, 0.4) is 0 Å². The minimum atomic E-state index is -0.288. The average Bonchev–Trinajstić information content (AvgIpc) is 2.99. The number of rotatable bonds is 12. The highest BCUT2D eigenvalue weighted by Crippen LogP contribution is 2.40. The van der Waals surface area contributed by atoms with Gasteiger partial charge in [-0.15, -0.1) is 0 Å². The van der Waals surface area contributed by atoms with E-state index in [0.717, 1.165) is 45.9 Å². The minimum absolute atomic E-state index is 0.141. The van der Waals surface area contributed by atoms with Gasteiger partial charge in [0.15, 0.2) is 5.75 Å². The van der Waals surface area contributed by atoms with Gasteiger partial charge in [-0.1, -0.05) is 45.7 Å². The molecule has 0 aromatic heterocycles. The molecule has 7 N–H and O–H groups in total. The van der Waals surface area contributed by atoms with E-state index in [0.29, 0.717) is 28.4 Å². The second-order valence-electron chi connectivity index (χ2n) is 11.4. The second kappa shape index (κ2) is 14.9. The Morgan fingerprint density at radius 1 is 1.00 bits per heavy atom.